The van der Waals surface area contributed by atoms with Crippen molar-refractivity contribution in [1.29, 1.82) is 0 Å². The molecule has 0 saturated heterocycles. The van der Waals surface area contributed by atoms with Gasteiger partial charge in [-0.05, 0) is 31.0 Å². The Labute approximate surface area is 134 Å². The molecule has 0 fully saturated rings. The summed E-state index contributed by atoms with van der Waals surface area (Å²) in [6, 6.07) is 6.59. The molecule has 23 heavy (non-hydrogen) atoms. The first-order valence-corrected chi connectivity index (χ1v) is 7.67. The summed E-state index contributed by atoms with van der Waals surface area (Å²) in [7, 11) is 0. The van der Waals surface area contributed by atoms with Gasteiger partial charge in [0.25, 0.3) is 0 Å². The summed E-state index contributed by atoms with van der Waals surface area (Å²) in [5.41, 5.74) is 1.05. The van der Waals surface area contributed by atoms with Gasteiger partial charge >= 0.3 is 5.69 Å². The number of hydrogen-bond donors (Lipinski definition) is 1. The molecule has 0 radical (unpaired) electrons. The Hall–Kier alpha value is -2.63. The summed E-state index contributed by atoms with van der Waals surface area (Å²) >= 11 is 0. The number of imidazole rings is 1. The molecule has 0 bridgehead atoms. The molecule has 1 aromatic carbocycles. The second-order valence-electron chi connectivity index (χ2n) is 5.33. The molecule has 122 valence electrons. The predicted molar refractivity (Wildman–Crippen MR) is 90.0 cm³/mol. The molecule has 1 unspecified atom stereocenters. The van der Waals surface area contributed by atoms with Crippen molar-refractivity contribution in [2.45, 2.75) is 39.3 Å². The van der Waals surface area contributed by atoms with Crippen LogP contribution in [0.5, 0.6) is 5.88 Å². The van der Waals surface area contributed by atoms with Gasteiger partial charge < -0.3 is 5.11 Å². The lowest BCUT2D eigenvalue weighted by atomic mass is 10.0. The van der Waals surface area contributed by atoms with Crippen LogP contribution in [0.4, 0.5) is 0 Å². The van der Waals surface area contributed by atoms with Crippen LogP contribution < -0.4 is 5.69 Å². The molecule has 0 aliphatic carbocycles. The molecule has 2 aromatic rings. The third kappa shape index (κ3) is 3.59. The molecule has 1 N–H and O–H groups in total. The number of benzene rings is 1. The lowest BCUT2D eigenvalue weighted by Crippen LogP contribution is -2.22. The highest BCUT2D eigenvalue weighted by Gasteiger charge is 2.14. The molecule has 0 aliphatic rings. The van der Waals surface area contributed by atoms with Crippen LogP contribution in [0.1, 0.15) is 38.3 Å². The van der Waals surface area contributed by atoms with Crippen LogP contribution in [0.25, 0.3) is 5.69 Å². The van der Waals surface area contributed by atoms with Gasteiger partial charge in [-0.2, -0.15) is 4.91 Å². The Kier molecular flexibility index (Phi) is 5.51. The normalized spacial score (nSPS) is 12.6. The van der Waals surface area contributed by atoms with Crippen LogP contribution in [0.2, 0.25) is 0 Å². The third-order valence-electron chi connectivity index (χ3n) is 3.70. The van der Waals surface area contributed by atoms with Crippen molar-refractivity contribution in [3.8, 4) is 11.6 Å². The Balaban J connectivity index is 2.34. The number of aromatic hydroxyl groups is 1. The summed E-state index contributed by atoms with van der Waals surface area (Å²) in [5.74, 6) is -0.120. The summed E-state index contributed by atoms with van der Waals surface area (Å²) in [4.78, 5) is 23.2. The van der Waals surface area contributed by atoms with Crippen molar-refractivity contribution in [3.05, 3.63) is 63.6 Å². The van der Waals surface area contributed by atoms with Gasteiger partial charge in [-0.25, -0.2) is 9.36 Å². The van der Waals surface area contributed by atoms with Crippen molar-refractivity contribution in [1.82, 2.24) is 9.13 Å². The second kappa shape index (κ2) is 7.58. The Morgan fingerprint density at radius 2 is 2.00 bits per heavy atom. The number of nitrogens with zero attached hydrogens (tertiary/aromatic N) is 3. The van der Waals surface area contributed by atoms with E-state index in [0.717, 1.165) is 12.0 Å². The highest BCUT2D eigenvalue weighted by Crippen LogP contribution is 2.24. The average Bonchev–Trinajstić information content (AvgIpc) is 2.85. The van der Waals surface area contributed by atoms with Crippen LogP contribution >= 0.6 is 0 Å². The minimum Gasteiger partial charge on any atom is -0.493 e. The van der Waals surface area contributed by atoms with Gasteiger partial charge in [0.05, 0.1) is 11.9 Å². The van der Waals surface area contributed by atoms with E-state index in [9.17, 15) is 14.8 Å². The standard InChI is InChI=1S/C17H21N3O3/c1-3-5-11-19-12-16(21)20(17(19)22)14-9-7-13(8-10-14)15(18-23)6-4-2/h3,5,7-10,12,15,21H,4,6,11H2,1-2H3. The Morgan fingerprint density at radius 1 is 1.30 bits per heavy atom. The van der Waals surface area contributed by atoms with Crippen LogP contribution in [0, 0.1) is 4.91 Å². The molecule has 1 heterocycles. The van der Waals surface area contributed by atoms with E-state index in [-0.39, 0.29) is 17.6 Å². The zero-order chi connectivity index (χ0) is 16.8. The fourth-order valence-electron chi connectivity index (χ4n) is 2.47. The second-order valence-corrected chi connectivity index (χ2v) is 5.33. The number of hydrogen-bond acceptors (Lipinski definition) is 4. The Bertz CT molecular complexity index is 741. The number of allylic oxidation sites excluding steroid dienone is 2. The number of aromatic nitrogens is 2. The average molecular weight is 315 g/mol. The highest BCUT2D eigenvalue weighted by molar-refractivity contribution is 5.38. The van der Waals surface area contributed by atoms with Gasteiger partial charge in [-0.3, -0.25) is 4.57 Å². The van der Waals surface area contributed by atoms with Crippen molar-refractivity contribution < 1.29 is 5.11 Å². The van der Waals surface area contributed by atoms with Crippen LogP contribution in [-0.2, 0) is 6.54 Å². The summed E-state index contributed by atoms with van der Waals surface area (Å²) in [6.07, 6.45) is 6.64. The van der Waals surface area contributed by atoms with E-state index in [4.69, 9.17) is 0 Å². The fraction of sp³-hybridized carbons (Fsp3) is 0.353. The van der Waals surface area contributed by atoms with Gasteiger partial charge in [0.15, 0.2) is 0 Å². The third-order valence-corrected chi connectivity index (χ3v) is 3.70. The van der Waals surface area contributed by atoms with Crippen molar-refractivity contribution >= 4 is 0 Å². The number of rotatable bonds is 7. The molecular formula is C17H21N3O3. The largest absolute Gasteiger partial charge is 0.493 e. The first-order chi connectivity index (χ1) is 11.1. The number of nitroso groups, excluding NO2 is 1. The summed E-state index contributed by atoms with van der Waals surface area (Å²) < 4.78 is 2.66. The highest BCUT2D eigenvalue weighted by atomic mass is 16.3. The van der Waals surface area contributed by atoms with E-state index in [0.29, 0.717) is 18.7 Å². The van der Waals surface area contributed by atoms with Gasteiger partial charge in [-0.1, -0.05) is 42.8 Å². The van der Waals surface area contributed by atoms with E-state index in [1.165, 1.54) is 15.3 Å². The predicted octanol–water partition coefficient (Wildman–Crippen LogP) is 3.53. The van der Waals surface area contributed by atoms with Crippen molar-refractivity contribution in [2.24, 2.45) is 5.18 Å². The van der Waals surface area contributed by atoms with E-state index >= 15 is 0 Å². The minimum absolute atomic E-state index is 0.120. The van der Waals surface area contributed by atoms with Crippen LogP contribution in [0.3, 0.4) is 0 Å². The van der Waals surface area contributed by atoms with Crippen LogP contribution in [0.15, 0.2) is 52.6 Å². The maximum atomic E-state index is 12.3. The first kappa shape index (κ1) is 16.7. The van der Waals surface area contributed by atoms with Gasteiger partial charge in [-0.15, -0.1) is 0 Å². The monoisotopic (exact) mass is 315 g/mol. The summed E-state index contributed by atoms with van der Waals surface area (Å²) in [6.45, 7) is 4.27. The van der Waals surface area contributed by atoms with E-state index < -0.39 is 0 Å². The molecule has 2 rings (SSSR count). The smallest absolute Gasteiger partial charge is 0.335 e. The van der Waals surface area contributed by atoms with Crippen molar-refractivity contribution in [2.75, 3.05) is 0 Å². The molecule has 6 heteroatoms. The molecule has 0 aliphatic heterocycles. The van der Waals surface area contributed by atoms with Gasteiger partial charge in [0.1, 0.15) is 6.04 Å². The molecule has 1 aromatic heterocycles. The Morgan fingerprint density at radius 3 is 2.57 bits per heavy atom. The zero-order valence-electron chi connectivity index (χ0n) is 13.3. The maximum absolute atomic E-state index is 12.3. The first-order valence-electron chi connectivity index (χ1n) is 7.67. The summed E-state index contributed by atoms with van der Waals surface area (Å²) in [5, 5.41) is 13.2. The van der Waals surface area contributed by atoms with Gasteiger partial charge in [0, 0.05) is 6.54 Å². The molecule has 0 saturated carbocycles. The van der Waals surface area contributed by atoms with Gasteiger partial charge in [0.2, 0.25) is 5.88 Å². The van der Waals surface area contributed by atoms with E-state index in [1.54, 1.807) is 24.3 Å². The lowest BCUT2D eigenvalue weighted by Gasteiger charge is -2.09. The fourth-order valence-corrected chi connectivity index (χ4v) is 2.47. The SMILES string of the molecule is CC=CCn1cc(O)n(-c2ccc(C(CCC)N=O)cc2)c1=O. The minimum atomic E-state index is -0.376. The molecular weight excluding hydrogens is 294 g/mol. The molecule has 0 amide bonds. The topological polar surface area (TPSA) is 76.6 Å². The zero-order valence-corrected chi connectivity index (χ0v) is 13.3. The van der Waals surface area contributed by atoms with E-state index in [1.807, 2.05) is 26.0 Å². The molecule has 1 atom stereocenters. The quantitative estimate of drug-likeness (QED) is 0.627. The molecule has 6 nitrogen and oxygen atoms in total. The van der Waals surface area contributed by atoms with Crippen LogP contribution in [-0.4, -0.2) is 14.2 Å². The van der Waals surface area contributed by atoms with E-state index in [2.05, 4.69) is 5.18 Å². The van der Waals surface area contributed by atoms with Crippen molar-refractivity contribution in [3.63, 3.8) is 0 Å². The maximum Gasteiger partial charge on any atom is 0.335 e. The molecule has 0 spiro atoms. The lowest BCUT2D eigenvalue weighted by molar-refractivity contribution is 0.441.